The van der Waals surface area contributed by atoms with Crippen molar-refractivity contribution in [3.05, 3.63) is 47.0 Å². The highest BCUT2D eigenvalue weighted by Gasteiger charge is 2.11. The van der Waals surface area contributed by atoms with E-state index in [0.717, 1.165) is 11.4 Å². The lowest BCUT2D eigenvalue weighted by Crippen LogP contribution is -2.03. The van der Waals surface area contributed by atoms with Crippen LogP contribution in [-0.2, 0) is 0 Å². The van der Waals surface area contributed by atoms with Crippen LogP contribution in [0.2, 0.25) is 0 Å². The summed E-state index contributed by atoms with van der Waals surface area (Å²) in [7, 11) is 0. The number of hydrogen-bond donors (Lipinski definition) is 1. The van der Waals surface area contributed by atoms with Crippen LogP contribution in [0.4, 0.5) is 4.39 Å². The fraction of sp³-hybridized carbons (Fsp3) is 0.308. The number of nitrogens with zero attached hydrogens (tertiary/aromatic N) is 2. The summed E-state index contributed by atoms with van der Waals surface area (Å²) < 4.78 is 15.5. The molecule has 2 aromatic rings. The Morgan fingerprint density at radius 3 is 2.47 bits per heavy atom. The first-order chi connectivity index (χ1) is 7.99. The van der Waals surface area contributed by atoms with Gasteiger partial charge in [0.2, 0.25) is 0 Å². The van der Waals surface area contributed by atoms with Gasteiger partial charge in [-0.05, 0) is 44.5 Å². The van der Waals surface area contributed by atoms with E-state index in [1.807, 2.05) is 19.9 Å². The first-order valence-electron chi connectivity index (χ1n) is 5.50. The average Bonchev–Trinajstić information content (AvgIpc) is 2.57. The molecule has 1 atom stereocenters. The lowest BCUT2D eigenvalue weighted by Gasteiger charge is -2.09. The maximum absolute atomic E-state index is 13.9. The normalized spacial score (nSPS) is 12.8. The standard InChI is InChI=1S/C13H15FN2O/c1-8-6-9(2)16(15-8)13-5-4-11(10(3)17)7-12(13)14/h4-7,10,17H,1-3H3. The molecule has 0 aliphatic carbocycles. The smallest absolute Gasteiger partial charge is 0.149 e. The molecule has 17 heavy (non-hydrogen) atoms. The van der Waals surface area contributed by atoms with E-state index < -0.39 is 6.10 Å². The van der Waals surface area contributed by atoms with E-state index in [9.17, 15) is 9.50 Å². The topological polar surface area (TPSA) is 38.0 Å². The van der Waals surface area contributed by atoms with Gasteiger partial charge in [0.25, 0.3) is 0 Å². The zero-order valence-corrected chi connectivity index (χ0v) is 10.1. The molecule has 0 radical (unpaired) electrons. The fourth-order valence-electron chi connectivity index (χ4n) is 1.83. The van der Waals surface area contributed by atoms with Crippen molar-refractivity contribution in [2.45, 2.75) is 26.9 Å². The van der Waals surface area contributed by atoms with Gasteiger partial charge in [0.15, 0.2) is 0 Å². The Kier molecular flexibility index (Phi) is 2.98. The van der Waals surface area contributed by atoms with Gasteiger partial charge in [0.1, 0.15) is 11.5 Å². The van der Waals surface area contributed by atoms with Gasteiger partial charge in [-0.3, -0.25) is 0 Å². The summed E-state index contributed by atoms with van der Waals surface area (Å²) in [6.07, 6.45) is -0.668. The van der Waals surface area contributed by atoms with Gasteiger partial charge in [-0.2, -0.15) is 5.10 Å². The van der Waals surface area contributed by atoms with Crippen LogP contribution in [0, 0.1) is 19.7 Å². The Balaban J connectivity index is 2.50. The molecular formula is C13H15FN2O. The molecule has 90 valence electrons. The number of rotatable bonds is 2. The molecule has 1 heterocycles. The van der Waals surface area contributed by atoms with Crippen LogP contribution in [0.1, 0.15) is 30.0 Å². The first kappa shape index (κ1) is 11.8. The van der Waals surface area contributed by atoms with Crippen LogP contribution in [0.15, 0.2) is 24.3 Å². The van der Waals surface area contributed by atoms with Crippen LogP contribution < -0.4 is 0 Å². The minimum absolute atomic E-state index is 0.380. The summed E-state index contributed by atoms with van der Waals surface area (Å²) in [6, 6.07) is 6.58. The zero-order chi connectivity index (χ0) is 12.6. The molecule has 1 aromatic heterocycles. The van der Waals surface area contributed by atoms with Crippen molar-refractivity contribution in [2.24, 2.45) is 0 Å². The van der Waals surface area contributed by atoms with Crippen molar-refractivity contribution in [1.29, 1.82) is 0 Å². The molecule has 0 aliphatic heterocycles. The van der Waals surface area contributed by atoms with Crippen molar-refractivity contribution < 1.29 is 9.50 Å². The number of aryl methyl sites for hydroxylation is 2. The minimum Gasteiger partial charge on any atom is -0.389 e. The molecule has 3 nitrogen and oxygen atoms in total. The maximum Gasteiger partial charge on any atom is 0.149 e. The second-order valence-electron chi connectivity index (χ2n) is 4.23. The third kappa shape index (κ3) is 2.22. The molecule has 0 saturated carbocycles. The average molecular weight is 234 g/mol. The lowest BCUT2D eigenvalue weighted by molar-refractivity contribution is 0.199. The Morgan fingerprint density at radius 1 is 1.29 bits per heavy atom. The zero-order valence-electron chi connectivity index (χ0n) is 10.1. The summed E-state index contributed by atoms with van der Waals surface area (Å²) in [5, 5.41) is 13.6. The molecule has 0 saturated heterocycles. The predicted octanol–water partition coefficient (Wildman–Crippen LogP) is 2.68. The van der Waals surface area contributed by atoms with Gasteiger partial charge in [-0.25, -0.2) is 9.07 Å². The molecule has 2 rings (SSSR count). The van der Waals surface area contributed by atoms with Crippen molar-refractivity contribution in [3.63, 3.8) is 0 Å². The summed E-state index contributed by atoms with van der Waals surface area (Å²) >= 11 is 0. The van der Waals surface area contributed by atoms with E-state index in [1.54, 1.807) is 23.7 Å². The number of hydrogen-bond acceptors (Lipinski definition) is 2. The van der Waals surface area contributed by atoms with Crippen LogP contribution >= 0.6 is 0 Å². The fourth-order valence-corrected chi connectivity index (χ4v) is 1.83. The lowest BCUT2D eigenvalue weighted by atomic mass is 10.1. The van der Waals surface area contributed by atoms with Gasteiger partial charge in [0.05, 0.1) is 11.8 Å². The van der Waals surface area contributed by atoms with E-state index in [1.165, 1.54) is 6.07 Å². The summed E-state index contributed by atoms with van der Waals surface area (Å²) in [5.74, 6) is -0.380. The molecule has 1 unspecified atom stereocenters. The number of halogens is 1. The predicted molar refractivity (Wildman–Crippen MR) is 63.6 cm³/mol. The molecule has 0 amide bonds. The second-order valence-corrected chi connectivity index (χ2v) is 4.23. The monoisotopic (exact) mass is 234 g/mol. The van der Waals surface area contributed by atoms with E-state index >= 15 is 0 Å². The molecule has 4 heteroatoms. The van der Waals surface area contributed by atoms with Gasteiger partial charge in [-0.15, -0.1) is 0 Å². The van der Waals surface area contributed by atoms with Gasteiger partial charge in [-0.1, -0.05) is 6.07 Å². The van der Waals surface area contributed by atoms with Crippen LogP contribution in [0.25, 0.3) is 5.69 Å². The maximum atomic E-state index is 13.9. The number of aliphatic hydroxyl groups excluding tert-OH is 1. The Labute approximate surface area is 99.5 Å². The molecule has 0 fully saturated rings. The highest BCUT2D eigenvalue weighted by atomic mass is 19.1. The number of aliphatic hydroxyl groups is 1. The number of aromatic nitrogens is 2. The minimum atomic E-state index is -0.668. The third-order valence-corrected chi connectivity index (χ3v) is 2.69. The molecule has 0 spiro atoms. The molecular weight excluding hydrogens is 219 g/mol. The van der Waals surface area contributed by atoms with E-state index in [-0.39, 0.29) is 5.82 Å². The summed E-state index contributed by atoms with van der Waals surface area (Å²) in [6.45, 7) is 5.35. The van der Waals surface area contributed by atoms with E-state index in [0.29, 0.717) is 11.3 Å². The summed E-state index contributed by atoms with van der Waals surface area (Å²) in [4.78, 5) is 0. The quantitative estimate of drug-likeness (QED) is 0.867. The molecule has 0 bridgehead atoms. The SMILES string of the molecule is Cc1cc(C)n(-c2ccc(C(C)O)cc2F)n1. The van der Waals surface area contributed by atoms with Crippen molar-refractivity contribution in [3.8, 4) is 5.69 Å². The molecule has 0 aliphatic rings. The van der Waals surface area contributed by atoms with Gasteiger partial charge >= 0.3 is 0 Å². The van der Waals surface area contributed by atoms with Crippen LogP contribution in [-0.4, -0.2) is 14.9 Å². The first-order valence-corrected chi connectivity index (χ1v) is 5.50. The van der Waals surface area contributed by atoms with Crippen LogP contribution in [0.5, 0.6) is 0 Å². The van der Waals surface area contributed by atoms with Crippen molar-refractivity contribution >= 4 is 0 Å². The number of benzene rings is 1. The Hall–Kier alpha value is -1.68. The largest absolute Gasteiger partial charge is 0.389 e. The van der Waals surface area contributed by atoms with E-state index in [4.69, 9.17) is 0 Å². The second kappa shape index (κ2) is 4.30. The van der Waals surface area contributed by atoms with Crippen molar-refractivity contribution in [2.75, 3.05) is 0 Å². The van der Waals surface area contributed by atoms with Gasteiger partial charge < -0.3 is 5.11 Å². The van der Waals surface area contributed by atoms with E-state index in [2.05, 4.69) is 5.10 Å². The molecule has 1 aromatic carbocycles. The summed E-state index contributed by atoms with van der Waals surface area (Å²) in [5.41, 5.74) is 2.69. The van der Waals surface area contributed by atoms with Gasteiger partial charge in [0, 0.05) is 5.69 Å². The van der Waals surface area contributed by atoms with Crippen molar-refractivity contribution in [1.82, 2.24) is 9.78 Å². The Bertz CT molecular complexity index is 546. The Morgan fingerprint density at radius 2 is 2.00 bits per heavy atom. The molecule has 1 N–H and O–H groups in total. The highest BCUT2D eigenvalue weighted by Crippen LogP contribution is 2.20. The highest BCUT2D eigenvalue weighted by molar-refractivity contribution is 5.38. The third-order valence-electron chi connectivity index (χ3n) is 2.69. The van der Waals surface area contributed by atoms with Crippen LogP contribution in [0.3, 0.4) is 0 Å².